The van der Waals surface area contributed by atoms with E-state index in [1.807, 2.05) is 32.0 Å². The maximum absolute atomic E-state index is 12.9. The molecule has 0 N–H and O–H groups in total. The fourth-order valence-electron chi connectivity index (χ4n) is 3.62. The Bertz CT molecular complexity index is 1020. The minimum absolute atomic E-state index is 0.0508. The van der Waals surface area contributed by atoms with Crippen molar-refractivity contribution in [2.24, 2.45) is 0 Å². The van der Waals surface area contributed by atoms with E-state index in [0.29, 0.717) is 24.3 Å². The van der Waals surface area contributed by atoms with Gasteiger partial charge in [0.2, 0.25) is 0 Å². The molecule has 0 saturated carbocycles. The fourth-order valence-corrected chi connectivity index (χ4v) is 5.33. The molecule has 0 aromatic heterocycles. The summed E-state index contributed by atoms with van der Waals surface area (Å²) in [5, 5.41) is 0. The first-order chi connectivity index (χ1) is 14.8. The summed E-state index contributed by atoms with van der Waals surface area (Å²) in [5.41, 5.74) is 0.206. The number of ether oxygens (including phenoxy) is 2. The number of hydrogen-bond donors (Lipinski definition) is 0. The van der Waals surface area contributed by atoms with E-state index in [4.69, 9.17) is 9.47 Å². The number of sulfone groups is 1. The molecule has 0 radical (unpaired) electrons. The third kappa shape index (κ3) is 5.85. The summed E-state index contributed by atoms with van der Waals surface area (Å²) in [6, 6.07) is 15.1. The summed E-state index contributed by atoms with van der Waals surface area (Å²) in [6.07, 6.45) is 1.07. The van der Waals surface area contributed by atoms with E-state index < -0.39 is 28.3 Å². The second kappa shape index (κ2) is 9.96. The van der Waals surface area contributed by atoms with Gasteiger partial charge in [0.05, 0.1) is 11.5 Å². The Balaban J connectivity index is 1.69. The lowest BCUT2D eigenvalue weighted by Gasteiger charge is -2.33. The Hall–Kier alpha value is -2.87. The number of amides is 1. The third-order valence-corrected chi connectivity index (χ3v) is 7.11. The molecule has 1 fully saturated rings. The van der Waals surface area contributed by atoms with Crippen LogP contribution in [0, 0.1) is 0 Å². The molecule has 2 unspecified atom stereocenters. The highest BCUT2D eigenvalue weighted by Gasteiger charge is 2.36. The van der Waals surface area contributed by atoms with Crippen molar-refractivity contribution in [2.75, 3.05) is 18.1 Å². The van der Waals surface area contributed by atoms with Crippen LogP contribution in [0.5, 0.6) is 11.5 Å². The molecule has 2 aromatic carbocycles. The van der Waals surface area contributed by atoms with Gasteiger partial charge in [-0.25, -0.2) is 13.2 Å². The fraction of sp³-hybridized carbons (Fsp3) is 0.391. The number of esters is 1. The van der Waals surface area contributed by atoms with Crippen LogP contribution in [0.3, 0.4) is 0 Å². The summed E-state index contributed by atoms with van der Waals surface area (Å²) in [4.78, 5) is 27.1. The van der Waals surface area contributed by atoms with E-state index in [-0.39, 0.29) is 29.2 Å². The molecule has 1 amide bonds. The summed E-state index contributed by atoms with van der Waals surface area (Å²) in [5.74, 6) is -0.155. The zero-order valence-corrected chi connectivity index (χ0v) is 18.5. The summed E-state index contributed by atoms with van der Waals surface area (Å²) in [7, 11) is -3.14. The molecule has 2 aromatic rings. The Morgan fingerprint density at radius 1 is 1.10 bits per heavy atom. The van der Waals surface area contributed by atoms with E-state index in [9.17, 15) is 18.0 Å². The van der Waals surface area contributed by atoms with Gasteiger partial charge in [-0.1, -0.05) is 37.3 Å². The molecule has 1 aliphatic heterocycles. The number of nitrogens with zero attached hydrogens (tertiary/aromatic N) is 1. The lowest BCUT2D eigenvalue weighted by Crippen LogP contribution is -2.48. The van der Waals surface area contributed by atoms with Crippen LogP contribution in [0.2, 0.25) is 0 Å². The molecule has 0 spiro atoms. The van der Waals surface area contributed by atoms with Crippen molar-refractivity contribution in [3.63, 3.8) is 0 Å². The van der Waals surface area contributed by atoms with Gasteiger partial charge >= 0.3 is 5.97 Å². The zero-order chi connectivity index (χ0) is 22.4. The normalized spacial score (nSPS) is 18.2. The average molecular weight is 446 g/mol. The molecule has 1 aliphatic rings. The van der Waals surface area contributed by atoms with Crippen LogP contribution in [0.25, 0.3) is 0 Å². The van der Waals surface area contributed by atoms with Crippen LogP contribution < -0.4 is 4.74 Å². The van der Waals surface area contributed by atoms with Crippen molar-refractivity contribution in [1.82, 2.24) is 4.90 Å². The van der Waals surface area contributed by atoms with E-state index in [1.54, 1.807) is 41.3 Å². The Morgan fingerprint density at radius 3 is 2.42 bits per heavy atom. The Morgan fingerprint density at radius 2 is 1.77 bits per heavy atom. The molecule has 31 heavy (non-hydrogen) atoms. The lowest BCUT2D eigenvalue weighted by atomic mass is 10.1. The number of carbonyl (C=O) groups is 2. The molecule has 166 valence electrons. The predicted octanol–water partition coefficient (Wildman–Crippen LogP) is 3.45. The van der Waals surface area contributed by atoms with Gasteiger partial charge < -0.3 is 14.4 Å². The van der Waals surface area contributed by atoms with Crippen molar-refractivity contribution in [1.29, 1.82) is 0 Å². The van der Waals surface area contributed by atoms with E-state index in [1.165, 1.54) is 0 Å². The van der Waals surface area contributed by atoms with Crippen molar-refractivity contribution >= 4 is 21.7 Å². The largest absolute Gasteiger partial charge is 0.456 e. The summed E-state index contributed by atoms with van der Waals surface area (Å²) >= 11 is 0. The predicted molar refractivity (Wildman–Crippen MR) is 117 cm³/mol. The van der Waals surface area contributed by atoms with E-state index in [2.05, 4.69) is 0 Å². The maximum Gasteiger partial charge on any atom is 0.342 e. The number of carbonyl (C=O) groups excluding carboxylic acids is 2. The first-order valence-corrected chi connectivity index (χ1v) is 12.1. The van der Waals surface area contributed by atoms with Crippen molar-refractivity contribution in [3.05, 3.63) is 60.2 Å². The molecule has 1 heterocycles. The molecule has 0 bridgehead atoms. The van der Waals surface area contributed by atoms with Gasteiger partial charge in [-0.15, -0.1) is 0 Å². The van der Waals surface area contributed by atoms with Crippen LogP contribution in [0.15, 0.2) is 54.6 Å². The zero-order valence-electron chi connectivity index (χ0n) is 17.7. The minimum atomic E-state index is -3.14. The van der Waals surface area contributed by atoms with Crippen molar-refractivity contribution < 1.29 is 27.5 Å². The van der Waals surface area contributed by atoms with Gasteiger partial charge in [-0.2, -0.15) is 0 Å². The second-order valence-electron chi connectivity index (χ2n) is 7.60. The van der Waals surface area contributed by atoms with Crippen LogP contribution in [-0.2, 0) is 19.4 Å². The quantitative estimate of drug-likeness (QED) is 0.578. The van der Waals surface area contributed by atoms with E-state index >= 15 is 0 Å². The van der Waals surface area contributed by atoms with Gasteiger partial charge in [0, 0.05) is 12.1 Å². The van der Waals surface area contributed by atoms with Crippen LogP contribution in [0.4, 0.5) is 0 Å². The van der Waals surface area contributed by atoms with Crippen molar-refractivity contribution in [3.8, 4) is 11.5 Å². The highest BCUT2D eigenvalue weighted by Crippen LogP contribution is 2.26. The van der Waals surface area contributed by atoms with Crippen molar-refractivity contribution in [2.45, 2.75) is 38.8 Å². The topological polar surface area (TPSA) is 90.0 Å². The smallest absolute Gasteiger partial charge is 0.342 e. The van der Waals surface area contributed by atoms with Crippen LogP contribution in [0.1, 0.15) is 37.0 Å². The molecule has 1 saturated heterocycles. The van der Waals surface area contributed by atoms with Gasteiger partial charge in [0.15, 0.2) is 16.4 Å². The van der Waals surface area contributed by atoms with Gasteiger partial charge in [0.1, 0.15) is 17.1 Å². The monoisotopic (exact) mass is 445 g/mol. The highest BCUT2D eigenvalue weighted by atomic mass is 32.2. The number of hydrogen-bond acceptors (Lipinski definition) is 6. The Labute approximate surface area is 182 Å². The first kappa shape index (κ1) is 22.8. The lowest BCUT2D eigenvalue weighted by molar-refractivity contribution is -0.138. The van der Waals surface area contributed by atoms with Gasteiger partial charge in [-0.05, 0) is 44.0 Å². The molecular weight excluding hydrogens is 418 g/mol. The average Bonchev–Trinajstić information content (AvgIpc) is 3.12. The molecule has 8 heteroatoms. The maximum atomic E-state index is 12.9. The standard InChI is InChI=1S/C23H27NO6S/c1-3-17(2)24(18-13-14-31(27,28)16-18)22(25)15-29-23(26)20-11-7-8-12-21(20)30-19-9-5-4-6-10-19/h4-12,17-18H,3,13-16H2,1-2H3. The number of para-hydroxylation sites is 2. The Kier molecular flexibility index (Phi) is 7.33. The molecular formula is C23H27NO6S. The van der Waals surface area contributed by atoms with Gasteiger partial charge in [-0.3, -0.25) is 4.79 Å². The van der Waals surface area contributed by atoms with Gasteiger partial charge in [0.25, 0.3) is 5.91 Å². The molecule has 3 rings (SSSR count). The second-order valence-corrected chi connectivity index (χ2v) is 9.83. The molecule has 7 nitrogen and oxygen atoms in total. The number of benzene rings is 2. The summed E-state index contributed by atoms with van der Waals surface area (Å²) in [6.45, 7) is 3.34. The first-order valence-electron chi connectivity index (χ1n) is 10.3. The number of rotatable bonds is 8. The molecule has 2 atom stereocenters. The van der Waals surface area contributed by atoms with Crippen LogP contribution >= 0.6 is 0 Å². The SMILES string of the molecule is CCC(C)N(C(=O)COC(=O)c1ccccc1Oc1ccccc1)C1CCS(=O)(=O)C1. The molecule has 0 aliphatic carbocycles. The minimum Gasteiger partial charge on any atom is -0.456 e. The highest BCUT2D eigenvalue weighted by molar-refractivity contribution is 7.91. The van der Waals surface area contributed by atoms with Crippen LogP contribution in [-0.4, -0.2) is 55.4 Å². The third-order valence-electron chi connectivity index (χ3n) is 5.36. The van der Waals surface area contributed by atoms with E-state index in [0.717, 1.165) is 0 Å². The summed E-state index contributed by atoms with van der Waals surface area (Å²) < 4.78 is 34.8.